The Balaban J connectivity index is 2.12. The van der Waals surface area contributed by atoms with Gasteiger partial charge in [0, 0.05) is 21.5 Å². The SMILES string of the molecule is [C-]#[N+]N=c1c2cc(F)ccc2c2cc3c(=NC#N)c4cc(F)ccc4c3cc12. The maximum Gasteiger partial charge on any atom is 0.206 e. The van der Waals surface area contributed by atoms with Crippen LogP contribution in [0.2, 0.25) is 0 Å². The summed E-state index contributed by atoms with van der Waals surface area (Å²) >= 11 is 0. The van der Waals surface area contributed by atoms with Gasteiger partial charge in [-0.05, 0) is 57.9 Å². The summed E-state index contributed by atoms with van der Waals surface area (Å²) in [6, 6.07) is 12.4. The third-order valence-electron chi connectivity index (χ3n) is 5.03. The van der Waals surface area contributed by atoms with Crippen molar-refractivity contribution in [1.82, 2.24) is 0 Å². The van der Waals surface area contributed by atoms with E-state index in [1.807, 2.05) is 12.1 Å². The molecule has 0 aliphatic heterocycles. The van der Waals surface area contributed by atoms with Gasteiger partial charge < -0.3 is 0 Å². The van der Waals surface area contributed by atoms with Gasteiger partial charge in [-0.2, -0.15) is 16.8 Å². The number of nitrogens with zero attached hydrogens (tertiary/aromatic N) is 4. The van der Waals surface area contributed by atoms with Crippen molar-refractivity contribution in [3.8, 4) is 6.19 Å². The predicted molar refractivity (Wildman–Crippen MR) is 102 cm³/mol. The van der Waals surface area contributed by atoms with Crippen molar-refractivity contribution in [1.29, 1.82) is 5.26 Å². The van der Waals surface area contributed by atoms with E-state index in [4.69, 9.17) is 11.8 Å². The normalized spacial score (nSPS) is 13.0. The molecule has 5 aromatic carbocycles. The van der Waals surface area contributed by atoms with Gasteiger partial charge in [0.15, 0.2) is 5.36 Å². The minimum absolute atomic E-state index is 0.397. The first-order valence-electron chi connectivity index (χ1n) is 8.33. The van der Waals surface area contributed by atoms with Crippen LogP contribution in [-0.2, 0) is 0 Å². The Bertz CT molecular complexity index is 1530. The van der Waals surface area contributed by atoms with Crippen LogP contribution < -0.4 is 10.7 Å². The number of halogens is 2. The van der Waals surface area contributed by atoms with E-state index in [1.165, 1.54) is 24.3 Å². The van der Waals surface area contributed by atoms with Gasteiger partial charge in [0.2, 0.25) is 6.19 Å². The molecule has 0 aliphatic rings. The lowest BCUT2D eigenvalue weighted by molar-refractivity contribution is 0.629. The molecule has 0 amide bonds. The Hall–Kier alpha value is -4.16. The average Bonchev–Trinajstić information content (AvgIpc) is 3.13. The zero-order chi connectivity index (χ0) is 19.4. The van der Waals surface area contributed by atoms with Crippen LogP contribution >= 0.6 is 0 Å². The highest BCUT2D eigenvalue weighted by atomic mass is 19.1. The van der Waals surface area contributed by atoms with Crippen LogP contribution in [0.5, 0.6) is 0 Å². The van der Waals surface area contributed by atoms with Crippen molar-refractivity contribution in [2.45, 2.75) is 0 Å². The number of hydrogen-bond donors (Lipinski definition) is 0. The highest BCUT2D eigenvalue weighted by molar-refractivity contribution is 6.21. The predicted octanol–water partition coefficient (Wildman–Crippen LogP) is 4.57. The number of benzene rings is 3. The van der Waals surface area contributed by atoms with Crippen LogP contribution in [0.3, 0.4) is 0 Å². The van der Waals surface area contributed by atoms with E-state index in [1.54, 1.807) is 18.3 Å². The van der Waals surface area contributed by atoms with Gasteiger partial charge in [0.05, 0.1) is 10.5 Å². The fourth-order valence-corrected chi connectivity index (χ4v) is 3.95. The Morgan fingerprint density at radius 2 is 1.21 bits per heavy atom. The summed E-state index contributed by atoms with van der Waals surface area (Å²) in [6.45, 7) is 7.13. The monoisotopic (exact) mass is 366 g/mol. The lowest BCUT2D eigenvalue weighted by atomic mass is 10.1. The Kier molecular flexibility index (Phi) is 3.25. The second-order valence-corrected chi connectivity index (χ2v) is 6.43. The smallest absolute Gasteiger partial charge is 0.206 e. The standard InChI is InChI=1S/C22H8F2N4/c1-26-28-22-18-7-12(24)3-5-14(18)16-8-19-15(9-20(16)22)13-4-2-11(23)6-17(13)21(19)27-10-25/h2-9H. The van der Waals surface area contributed by atoms with E-state index in [0.29, 0.717) is 32.3 Å². The molecule has 0 heterocycles. The van der Waals surface area contributed by atoms with E-state index in [0.717, 1.165) is 21.5 Å². The second kappa shape index (κ2) is 5.67. The van der Waals surface area contributed by atoms with Crippen LogP contribution in [0, 0.1) is 29.7 Å². The maximum absolute atomic E-state index is 13.8. The molecule has 0 saturated carbocycles. The Morgan fingerprint density at radius 3 is 1.75 bits per heavy atom. The number of fused-ring (bicyclic) bond motifs is 6. The van der Waals surface area contributed by atoms with E-state index < -0.39 is 11.6 Å². The molecule has 0 atom stereocenters. The molecule has 0 aliphatic carbocycles. The molecular formula is C22H8F2N4. The largest absolute Gasteiger partial charge is 0.207 e. The van der Waals surface area contributed by atoms with Gasteiger partial charge in [-0.15, -0.1) is 4.95 Å². The van der Waals surface area contributed by atoms with Gasteiger partial charge >= 0.3 is 0 Å². The quantitative estimate of drug-likeness (QED) is 0.225. The summed E-state index contributed by atoms with van der Waals surface area (Å²) in [7, 11) is 0. The molecule has 4 nitrogen and oxygen atoms in total. The molecule has 0 radical (unpaired) electrons. The Morgan fingerprint density at radius 1 is 0.714 bits per heavy atom. The van der Waals surface area contributed by atoms with Crippen molar-refractivity contribution in [3.63, 3.8) is 0 Å². The Labute approximate surface area is 156 Å². The average molecular weight is 366 g/mol. The minimum Gasteiger partial charge on any atom is -0.207 e. The number of nitriles is 1. The molecule has 0 N–H and O–H groups in total. The second-order valence-electron chi connectivity index (χ2n) is 6.43. The molecule has 0 saturated heterocycles. The minimum atomic E-state index is -0.416. The molecule has 130 valence electrons. The number of hydrogen-bond acceptors (Lipinski definition) is 3. The fourth-order valence-electron chi connectivity index (χ4n) is 3.95. The van der Waals surface area contributed by atoms with E-state index in [-0.39, 0.29) is 0 Å². The van der Waals surface area contributed by atoms with E-state index >= 15 is 0 Å². The van der Waals surface area contributed by atoms with Gasteiger partial charge in [0.25, 0.3) is 0 Å². The molecule has 28 heavy (non-hydrogen) atoms. The zero-order valence-electron chi connectivity index (χ0n) is 14.2. The lowest BCUT2D eigenvalue weighted by Gasteiger charge is -1.95. The third-order valence-corrected chi connectivity index (χ3v) is 5.03. The summed E-state index contributed by atoms with van der Waals surface area (Å²) in [5.41, 5.74) is 0. The first kappa shape index (κ1) is 16.0. The first-order chi connectivity index (χ1) is 13.6. The summed E-state index contributed by atoms with van der Waals surface area (Å²) in [5.74, 6) is -0.829. The van der Waals surface area contributed by atoms with Crippen LogP contribution in [0.4, 0.5) is 8.78 Å². The molecule has 0 spiro atoms. The number of rotatable bonds is 0. The van der Waals surface area contributed by atoms with Crippen LogP contribution in [0.1, 0.15) is 0 Å². The van der Waals surface area contributed by atoms with Gasteiger partial charge in [-0.1, -0.05) is 12.1 Å². The van der Waals surface area contributed by atoms with Gasteiger partial charge in [-0.25, -0.2) is 8.78 Å². The molecule has 0 fully saturated rings. The van der Waals surface area contributed by atoms with Crippen molar-refractivity contribution < 1.29 is 8.78 Å². The van der Waals surface area contributed by atoms with Crippen molar-refractivity contribution in [2.75, 3.05) is 0 Å². The lowest BCUT2D eigenvalue weighted by Crippen LogP contribution is -1.99. The molecule has 0 aromatic heterocycles. The first-order valence-corrected chi connectivity index (χ1v) is 8.33. The summed E-state index contributed by atoms with van der Waals surface area (Å²) < 4.78 is 27.6. The summed E-state index contributed by atoms with van der Waals surface area (Å²) in [6.07, 6.45) is 1.79. The molecule has 6 heteroatoms. The van der Waals surface area contributed by atoms with Crippen LogP contribution in [0.15, 0.2) is 58.6 Å². The molecule has 5 rings (SSSR count). The molecule has 0 unspecified atom stereocenters. The fraction of sp³-hybridized carbons (Fsp3) is 0. The van der Waals surface area contributed by atoms with Crippen molar-refractivity contribution in [3.05, 3.63) is 82.4 Å². The molecule has 5 aromatic rings. The highest BCUT2D eigenvalue weighted by Crippen LogP contribution is 2.32. The van der Waals surface area contributed by atoms with E-state index in [9.17, 15) is 8.78 Å². The highest BCUT2D eigenvalue weighted by Gasteiger charge is 2.16. The van der Waals surface area contributed by atoms with E-state index in [2.05, 4.69) is 15.0 Å². The van der Waals surface area contributed by atoms with Crippen LogP contribution in [-0.4, -0.2) is 0 Å². The van der Waals surface area contributed by atoms with Gasteiger partial charge in [-0.3, -0.25) is 0 Å². The van der Waals surface area contributed by atoms with Gasteiger partial charge in [0.1, 0.15) is 11.6 Å². The zero-order valence-corrected chi connectivity index (χ0v) is 14.2. The maximum atomic E-state index is 13.8. The topological polar surface area (TPSA) is 52.9 Å². The molecule has 0 bridgehead atoms. The molecular weight excluding hydrogens is 358 g/mol. The van der Waals surface area contributed by atoms with Crippen molar-refractivity contribution >= 4 is 43.1 Å². The third kappa shape index (κ3) is 2.06. The summed E-state index contributed by atoms with van der Waals surface area (Å²) in [4.78, 5) is 7.05. The van der Waals surface area contributed by atoms with Crippen LogP contribution in [0.25, 0.3) is 48.0 Å². The van der Waals surface area contributed by atoms with Crippen molar-refractivity contribution in [2.24, 2.45) is 10.1 Å². The summed E-state index contributed by atoms with van der Waals surface area (Å²) in [5, 5.41) is 19.3.